The predicted molar refractivity (Wildman–Crippen MR) is 64.6 cm³/mol. The van der Waals surface area contributed by atoms with Crippen LogP contribution in [0.2, 0.25) is 0 Å². The second-order valence-corrected chi connectivity index (χ2v) is 3.83. The van der Waals surface area contributed by atoms with Gasteiger partial charge >= 0.3 is 0 Å². The van der Waals surface area contributed by atoms with Gasteiger partial charge in [0.25, 0.3) is 0 Å². The normalized spacial score (nSPS) is 10.2. The SMILES string of the molecule is CC(=O)Nc1ccn(Cc2cccnc2C)n1. The van der Waals surface area contributed by atoms with Crippen LogP contribution in [0.15, 0.2) is 30.6 Å². The third-order valence-electron chi connectivity index (χ3n) is 2.39. The number of rotatable bonds is 3. The zero-order valence-electron chi connectivity index (χ0n) is 9.84. The summed E-state index contributed by atoms with van der Waals surface area (Å²) in [5.41, 5.74) is 2.11. The molecule has 0 bridgehead atoms. The number of pyridine rings is 1. The van der Waals surface area contributed by atoms with Crippen molar-refractivity contribution >= 4 is 11.7 Å². The molecule has 0 aromatic carbocycles. The number of aromatic nitrogens is 3. The Balaban J connectivity index is 2.12. The summed E-state index contributed by atoms with van der Waals surface area (Å²) < 4.78 is 1.77. The topological polar surface area (TPSA) is 59.8 Å². The molecule has 0 spiro atoms. The lowest BCUT2D eigenvalue weighted by Crippen LogP contribution is -2.08. The van der Waals surface area contributed by atoms with Gasteiger partial charge in [-0.1, -0.05) is 6.07 Å². The molecular formula is C12H14N4O. The van der Waals surface area contributed by atoms with Crippen LogP contribution in [-0.2, 0) is 11.3 Å². The van der Waals surface area contributed by atoms with E-state index in [0.717, 1.165) is 11.3 Å². The fourth-order valence-electron chi connectivity index (χ4n) is 1.56. The molecular weight excluding hydrogens is 216 g/mol. The molecule has 2 aromatic rings. The van der Waals surface area contributed by atoms with Crippen molar-refractivity contribution in [1.29, 1.82) is 0 Å². The molecule has 0 fully saturated rings. The Morgan fingerprint density at radius 3 is 3.00 bits per heavy atom. The maximum Gasteiger partial charge on any atom is 0.222 e. The van der Waals surface area contributed by atoms with Gasteiger partial charge in [0.15, 0.2) is 5.82 Å². The van der Waals surface area contributed by atoms with E-state index in [1.807, 2.05) is 25.3 Å². The van der Waals surface area contributed by atoms with E-state index in [4.69, 9.17) is 0 Å². The number of hydrogen-bond donors (Lipinski definition) is 1. The third kappa shape index (κ3) is 2.90. The molecule has 0 saturated heterocycles. The number of aryl methyl sites for hydroxylation is 1. The zero-order chi connectivity index (χ0) is 12.3. The Kier molecular flexibility index (Phi) is 3.18. The van der Waals surface area contributed by atoms with Crippen molar-refractivity contribution in [3.63, 3.8) is 0 Å². The molecule has 88 valence electrons. The molecule has 5 heteroatoms. The average molecular weight is 230 g/mol. The van der Waals surface area contributed by atoms with E-state index in [1.165, 1.54) is 6.92 Å². The van der Waals surface area contributed by atoms with Gasteiger partial charge in [0.2, 0.25) is 5.91 Å². The molecule has 5 nitrogen and oxygen atoms in total. The summed E-state index contributed by atoms with van der Waals surface area (Å²) >= 11 is 0. The number of carbonyl (C=O) groups is 1. The number of nitrogens with one attached hydrogen (secondary N) is 1. The van der Waals surface area contributed by atoms with Gasteiger partial charge in [0.05, 0.1) is 6.54 Å². The van der Waals surface area contributed by atoms with Crippen LogP contribution in [-0.4, -0.2) is 20.7 Å². The summed E-state index contributed by atoms with van der Waals surface area (Å²) in [4.78, 5) is 15.1. The van der Waals surface area contributed by atoms with E-state index in [2.05, 4.69) is 15.4 Å². The van der Waals surface area contributed by atoms with Crippen molar-refractivity contribution in [2.24, 2.45) is 0 Å². The molecule has 2 heterocycles. The summed E-state index contributed by atoms with van der Waals surface area (Å²) in [6, 6.07) is 5.69. The average Bonchev–Trinajstić information content (AvgIpc) is 2.68. The quantitative estimate of drug-likeness (QED) is 0.871. The Morgan fingerprint density at radius 2 is 2.29 bits per heavy atom. The molecule has 0 aliphatic carbocycles. The first-order chi connectivity index (χ1) is 8.15. The van der Waals surface area contributed by atoms with Crippen molar-refractivity contribution in [3.05, 3.63) is 41.9 Å². The summed E-state index contributed by atoms with van der Waals surface area (Å²) in [5.74, 6) is 0.451. The lowest BCUT2D eigenvalue weighted by Gasteiger charge is -2.04. The third-order valence-corrected chi connectivity index (χ3v) is 2.39. The zero-order valence-corrected chi connectivity index (χ0v) is 9.84. The van der Waals surface area contributed by atoms with Gasteiger partial charge in [-0.05, 0) is 18.6 Å². The van der Waals surface area contributed by atoms with Gasteiger partial charge in [-0.15, -0.1) is 0 Å². The van der Waals surface area contributed by atoms with Crippen molar-refractivity contribution in [1.82, 2.24) is 14.8 Å². The first-order valence-electron chi connectivity index (χ1n) is 5.36. The molecule has 0 radical (unpaired) electrons. The molecule has 0 aliphatic rings. The molecule has 1 amide bonds. The smallest absolute Gasteiger partial charge is 0.222 e. The fourth-order valence-corrected chi connectivity index (χ4v) is 1.56. The second kappa shape index (κ2) is 4.78. The first-order valence-corrected chi connectivity index (χ1v) is 5.36. The second-order valence-electron chi connectivity index (χ2n) is 3.83. The van der Waals surface area contributed by atoms with Crippen molar-refractivity contribution in [2.45, 2.75) is 20.4 Å². The molecule has 2 rings (SSSR count). The van der Waals surface area contributed by atoms with E-state index in [-0.39, 0.29) is 5.91 Å². The molecule has 2 aromatic heterocycles. The minimum atomic E-state index is -0.118. The number of nitrogens with zero attached hydrogens (tertiary/aromatic N) is 3. The van der Waals surface area contributed by atoms with Crippen LogP contribution < -0.4 is 5.32 Å². The van der Waals surface area contributed by atoms with Gasteiger partial charge in [0.1, 0.15) is 0 Å². The highest BCUT2D eigenvalue weighted by Crippen LogP contribution is 2.08. The monoisotopic (exact) mass is 230 g/mol. The van der Waals surface area contributed by atoms with Crippen LogP contribution in [0.5, 0.6) is 0 Å². The summed E-state index contributed by atoms with van der Waals surface area (Å²) in [7, 11) is 0. The highest BCUT2D eigenvalue weighted by Gasteiger charge is 2.03. The maximum atomic E-state index is 10.9. The lowest BCUT2D eigenvalue weighted by molar-refractivity contribution is -0.114. The predicted octanol–water partition coefficient (Wildman–Crippen LogP) is 1.59. The van der Waals surface area contributed by atoms with Crippen LogP contribution in [0.3, 0.4) is 0 Å². The highest BCUT2D eigenvalue weighted by atomic mass is 16.1. The van der Waals surface area contributed by atoms with Gasteiger partial charge in [0, 0.05) is 31.1 Å². The molecule has 1 N–H and O–H groups in total. The number of carbonyl (C=O) groups excluding carboxylic acids is 1. The minimum absolute atomic E-state index is 0.118. The molecule has 17 heavy (non-hydrogen) atoms. The van der Waals surface area contributed by atoms with Gasteiger partial charge in [-0.3, -0.25) is 14.5 Å². The van der Waals surface area contributed by atoms with E-state index in [9.17, 15) is 4.79 Å². The Hall–Kier alpha value is -2.17. The highest BCUT2D eigenvalue weighted by molar-refractivity contribution is 5.87. The standard InChI is InChI=1S/C12H14N4O/c1-9-11(4-3-6-13-9)8-16-7-5-12(15-16)14-10(2)17/h3-7H,8H2,1-2H3,(H,14,15,17). The van der Waals surface area contributed by atoms with Crippen LogP contribution in [0.1, 0.15) is 18.2 Å². The maximum absolute atomic E-state index is 10.9. The van der Waals surface area contributed by atoms with Crippen LogP contribution in [0.4, 0.5) is 5.82 Å². The summed E-state index contributed by atoms with van der Waals surface area (Å²) in [6.07, 6.45) is 3.60. The van der Waals surface area contributed by atoms with E-state index in [1.54, 1.807) is 16.9 Å². The number of hydrogen-bond acceptors (Lipinski definition) is 3. The van der Waals surface area contributed by atoms with Crippen LogP contribution in [0, 0.1) is 6.92 Å². The molecule has 0 unspecified atom stereocenters. The van der Waals surface area contributed by atoms with Crippen LogP contribution >= 0.6 is 0 Å². The van der Waals surface area contributed by atoms with Gasteiger partial charge < -0.3 is 5.32 Å². The van der Waals surface area contributed by atoms with Crippen LogP contribution in [0.25, 0.3) is 0 Å². The van der Waals surface area contributed by atoms with Gasteiger partial charge in [-0.2, -0.15) is 5.10 Å². The van der Waals surface area contributed by atoms with Crippen molar-refractivity contribution in [3.8, 4) is 0 Å². The molecule has 0 saturated carbocycles. The van der Waals surface area contributed by atoms with Crippen molar-refractivity contribution in [2.75, 3.05) is 5.32 Å². The van der Waals surface area contributed by atoms with E-state index >= 15 is 0 Å². The van der Waals surface area contributed by atoms with Gasteiger partial charge in [-0.25, -0.2) is 0 Å². The molecule has 0 atom stereocenters. The summed E-state index contributed by atoms with van der Waals surface area (Å²) in [6.45, 7) is 4.08. The number of amides is 1. The summed E-state index contributed by atoms with van der Waals surface area (Å²) in [5, 5.41) is 6.88. The lowest BCUT2D eigenvalue weighted by atomic mass is 10.2. The Bertz CT molecular complexity index is 533. The molecule has 0 aliphatic heterocycles. The first kappa shape index (κ1) is 11.3. The fraction of sp³-hybridized carbons (Fsp3) is 0.250. The largest absolute Gasteiger partial charge is 0.309 e. The number of anilines is 1. The minimum Gasteiger partial charge on any atom is -0.309 e. The Labute approximate surface area is 99.5 Å². The van der Waals surface area contributed by atoms with E-state index in [0.29, 0.717) is 12.4 Å². The Morgan fingerprint density at radius 1 is 1.47 bits per heavy atom. The van der Waals surface area contributed by atoms with E-state index < -0.39 is 0 Å². The van der Waals surface area contributed by atoms with Crippen molar-refractivity contribution < 1.29 is 4.79 Å².